The second-order valence-corrected chi connectivity index (χ2v) is 6.99. The quantitative estimate of drug-likeness (QED) is 0.572. The van der Waals surface area contributed by atoms with Crippen molar-refractivity contribution in [2.75, 3.05) is 12.0 Å². The predicted molar refractivity (Wildman–Crippen MR) is 110 cm³/mol. The molecule has 3 aromatic rings. The molecule has 1 fully saturated rings. The first-order valence-electron chi connectivity index (χ1n) is 9.75. The first kappa shape index (κ1) is 18.3. The van der Waals surface area contributed by atoms with Crippen molar-refractivity contribution >= 4 is 11.5 Å². The van der Waals surface area contributed by atoms with E-state index in [0.717, 1.165) is 41.4 Å². The molecule has 144 valence electrons. The molecule has 0 bridgehead atoms. The van der Waals surface area contributed by atoms with E-state index < -0.39 is 0 Å². The number of methoxy groups -OCH3 is 1. The molecule has 1 aliphatic carbocycles. The Bertz CT molecular complexity index is 881. The molecule has 0 amide bonds. The summed E-state index contributed by atoms with van der Waals surface area (Å²) in [5.41, 5.74) is 2.12. The average molecular weight is 375 g/mol. The van der Waals surface area contributed by atoms with Gasteiger partial charge in [0, 0.05) is 30.3 Å². The summed E-state index contributed by atoms with van der Waals surface area (Å²) < 4.78 is 11.8. The summed E-state index contributed by atoms with van der Waals surface area (Å²) in [5.74, 6) is 2.43. The van der Waals surface area contributed by atoms with Gasteiger partial charge in [0.25, 0.3) is 0 Å². The van der Waals surface area contributed by atoms with Gasteiger partial charge in [0.2, 0.25) is 0 Å². The van der Waals surface area contributed by atoms with Gasteiger partial charge in [0.1, 0.15) is 5.82 Å². The third kappa shape index (κ3) is 4.25. The van der Waals surface area contributed by atoms with E-state index in [-0.39, 0.29) is 6.10 Å². The van der Waals surface area contributed by atoms with E-state index in [1.165, 1.54) is 12.8 Å². The number of rotatable bonds is 7. The van der Waals surface area contributed by atoms with Gasteiger partial charge in [-0.3, -0.25) is 4.98 Å². The van der Waals surface area contributed by atoms with E-state index in [0.29, 0.717) is 6.54 Å². The van der Waals surface area contributed by atoms with Crippen LogP contribution >= 0.6 is 0 Å². The number of anilines is 2. The molecule has 5 nitrogen and oxygen atoms in total. The molecule has 5 heteroatoms. The summed E-state index contributed by atoms with van der Waals surface area (Å²) in [5, 5.41) is 0. The third-order valence-corrected chi connectivity index (χ3v) is 5.04. The maximum absolute atomic E-state index is 6.29. The number of pyridine rings is 2. The zero-order valence-corrected chi connectivity index (χ0v) is 16.1. The van der Waals surface area contributed by atoms with Gasteiger partial charge in [0.15, 0.2) is 11.5 Å². The van der Waals surface area contributed by atoms with Crippen molar-refractivity contribution in [3.63, 3.8) is 0 Å². The second kappa shape index (κ2) is 8.74. The maximum atomic E-state index is 6.29. The molecule has 1 saturated carbocycles. The third-order valence-electron chi connectivity index (χ3n) is 5.04. The van der Waals surface area contributed by atoms with Gasteiger partial charge in [-0.2, -0.15) is 0 Å². The number of hydrogen-bond donors (Lipinski definition) is 0. The Morgan fingerprint density at radius 2 is 1.89 bits per heavy atom. The fourth-order valence-electron chi connectivity index (χ4n) is 3.60. The molecule has 0 unspecified atom stereocenters. The van der Waals surface area contributed by atoms with Crippen molar-refractivity contribution in [3.8, 4) is 11.5 Å². The van der Waals surface area contributed by atoms with Gasteiger partial charge < -0.3 is 14.4 Å². The lowest BCUT2D eigenvalue weighted by Crippen LogP contribution is -2.18. The Labute approximate surface area is 166 Å². The lowest BCUT2D eigenvalue weighted by molar-refractivity contribution is 0.201. The molecule has 1 aromatic carbocycles. The highest BCUT2D eigenvalue weighted by Crippen LogP contribution is 2.37. The Hall–Kier alpha value is -3.08. The zero-order chi connectivity index (χ0) is 19.2. The van der Waals surface area contributed by atoms with Gasteiger partial charge in [-0.05, 0) is 61.6 Å². The smallest absolute Gasteiger partial charge is 0.163 e. The van der Waals surface area contributed by atoms with Crippen molar-refractivity contribution in [1.82, 2.24) is 9.97 Å². The zero-order valence-electron chi connectivity index (χ0n) is 16.1. The number of nitrogens with zero attached hydrogens (tertiary/aromatic N) is 3. The Morgan fingerprint density at radius 1 is 1.00 bits per heavy atom. The lowest BCUT2D eigenvalue weighted by Gasteiger charge is -2.25. The van der Waals surface area contributed by atoms with Crippen molar-refractivity contribution in [1.29, 1.82) is 0 Å². The van der Waals surface area contributed by atoms with Crippen molar-refractivity contribution in [2.45, 2.75) is 38.3 Å². The highest BCUT2D eigenvalue weighted by atomic mass is 16.5. The highest BCUT2D eigenvalue weighted by molar-refractivity contribution is 5.64. The molecule has 4 rings (SSSR count). The molecule has 0 aliphatic heterocycles. The fraction of sp³-hybridized carbons (Fsp3) is 0.304. The molecule has 0 saturated heterocycles. The molecule has 0 N–H and O–H groups in total. The van der Waals surface area contributed by atoms with E-state index >= 15 is 0 Å². The molecule has 0 atom stereocenters. The van der Waals surface area contributed by atoms with Crippen LogP contribution in [0.15, 0.2) is 67.1 Å². The monoisotopic (exact) mass is 375 g/mol. The fourth-order valence-corrected chi connectivity index (χ4v) is 3.60. The van der Waals surface area contributed by atoms with Crippen LogP contribution in [-0.2, 0) is 6.54 Å². The number of ether oxygens (including phenoxy) is 2. The van der Waals surface area contributed by atoms with Crippen molar-refractivity contribution in [3.05, 3.63) is 72.7 Å². The Balaban J connectivity index is 1.68. The predicted octanol–water partition coefficient (Wildman–Crippen LogP) is 5.14. The van der Waals surface area contributed by atoms with Crippen LogP contribution < -0.4 is 14.4 Å². The average Bonchev–Trinajstić information content (AvgIpc) is 3.26. The minimum absolute atomic E-state index is 0.269. The minimum Gasteiger partial charge on any atom is -0.493 e. The van der Waals surface area contributed by atoms with Gasteiger partial charge in [-0.25, -0.2) is 4.98 Å². The normalized spacial score (nSPS) is 14.0. The van der Waals surface area contributed by atoms with E-state index in [1.54, 1.807) is 13.3 Å². The molecule has 2 aromatic heterocycles. The minimum atomic E-state index is 0.269. The van der Waals surface area contributed by atoms with Crippen LogP contribution in [0.5, 0.6) is 11.5 Å². The van der Waals surface area contributed by atoms with Gasteiger partial charge >= 0.3 is 0 Å². The topological polar surface area (TPSA) is 47.5 Å². The summed E-state index contributed by atoms with van der Waals surface area (Å²) in [6.07, 6.45) is 10.4. The molecule has 2 heterocycles. The Kier molecular flexibility index (Phi) is 5.71. The van der Waals surface area contributed by atoms with Crippen LogP contribution in [0.3, 0.4) is 0 Å². The number of benzene rings is 1. The van der Waals surface area contributed by atoms with E-state index in [4.69, 9.17) is 9.47 Å². The largest absolute Gasteiger partial charge is 0.493 e. The summed E-state index contributed by atoms with van der Waals surface area (Å²) in [7, 11) is 1.68. The van der Waals surface area contributed by atoms with Gasteiger partial charge in [-0.1, -0.05) is 12.1 Å². The van der Waals surface area contributed by atoms with Crippen LogP contribution in [0.2, 0.25) is 0 Å². The number of aromatic nitrogens is 2. The number of hydrogen-bond acceptors (Lipinski definition) is 5. The molecule has 1 aliphatic rings. The van der Waals surface area contributed by atoms with E-state index in [9.17, 15) is 0 Å². The second-order valence-electron chi connectivity index (χ2n) is 6.99. The van der Waals surface area contributed by atoms with Crippen LogP contribution in [0.4, 0.5) is 11.5 Å². The first-order valence-corrected chi connectivity index (χ1v) is 9.75. The van der Waals surface area contributed by atoms with Crippen molar-refractivity contribution in [2.24, 2.45) is 0 Å². The molecule has 0 radical (unpaired) electrons. The lowest BCUT2D eigenvalue weighted by atomic mass is 10.2. The van der Waals surface area contributed by atoms with Gasteiger partial charge in [-0.15, -0.1) is 0 Å². The highest BCUT2D eigenvalue weighted by Gasteiger charge is 2.20. The molecule has 0 spiro atoms. The van der Waals surface area contributed by atoms with Crippen LogP contribution in [0, 0.1) is 0 Å². The maximum Gasteiger partial charge on any atom is 0.163 e. The van der Waals surface area contributed by atoms with Crippen molar-refractivity contribution < 1.29 is 9.47 Å². The van der Waals surface area contributed by atoms with Crippen LogP contribution in [0.25, 0.3) is 0 Å². The molecular formula is C23H25N3O2. The summed E-state index contributed by atoms with van der Waals surface area (Å²) in [6.45, 7) is 0.667. The standard InChI is InChI=1S/C23H25N3O2/c1-27-21-12-11-19(15-22(21)28-20-8-2-3-9-20)26(23-10-4-5-14-25-23)17-18-7-6-13-24-16-18/h4-7,10-16,20H,2-3,8-9,17H2,1H3. The van der Waals surface area contributed by atoms with E-state index in [2.05, 4.69) is 27.0 Å². The summed E-state index contributed by atoms with van der Waals surface area (Å²) in [6, 6.07) is 16.0. The Morgan fingerprint density at radius 3 is 2.61 bits per heavy atom. The SMILES string of the molecule is COc1ccc(N(Cc2cccnc2)c2ccccn2)cc1OC1CCCC1. The first-order chi connectivity index (χ1) is 13.8. The summed E-state index contributed by atoms with van der Waals surface area (Å²) >= 11 is 0. The van der Waals surface area contributed by atoms with Crippen LogP contribution in [0.1, 0.15) is 31.2 Å². The molecular weight excluding hydrogens is 350 g/mol. The molecule has 28 heavy (non-hydrogen) atoms. The van der Waals surface area contributed by atoms with Gasteiger partial charge in [0.05, 0.1) is 19.8 Å². The van der Waals surface area contributed by atoms with Crippen LogP contribution in [-0.4, -0.2) is 23.2 Å². The summed E-state index contributed by atoms with van der Waals surface area (Å²) in [4.78, 5) is 11.0. The van der Waals surface area contributed by atoms with E-state index in [1.807, 2.05) is 48.8 Å².